The first-order valence-electron chi connectivity index (χ1n) is 11.7. The number of nitrogens with zero attached hydrogens (tertiary/aromatic N) is 2. The van der Waals surface area contributed by atoms with Gasteiger partial charge in [0.15, 0.2) is 0 Å². The number of hydrogen-bond donors (Lipinski definition) is 0. The Morgan fingerprint density at radius 1 is 1.13 bits per heavy atom. The van der Waals surface area contributed by atoms with Crippen molar-refractivity contribution in [1.29, 1.82) is 0 Å². The Labute approximate surface area is 185 Å². The Morgan fingerprint density at radius 3 is 2.45 bits per heavy atom. The maximum atomic E-state index is 13.6. The van der Waals surface area contributed by atoms with E-state index < -0.39 is 0 Å². The Morgan fingerprint density at radius 2 is 1.84 bits per heavy atom. The van der Waals surface area contributed by atoms with Gasteiger partial charge in [0, 0.05) is 37.5 Å². The minimum absolute atomic E-state index is 0.184. The van der Waals surface area contributed by atoms with Gasteiger partial charge in [0.1, 0.15) is 17.3 Å². The normalized spacial score (nSPS) is 22.5. The van der Waals surface area contributed by atoms with Crippen LogP contribution >= 0.6 is 0 Å². The lowest BCUT2D eigenvalue weighted by atomic mass is 9.88. The molecule has 1 amide bonds. The van der Waals surface area contributed by atoms with Crippen LogP contribution in [0.25, 0.3) is 0 Å². The van der Waals surface area contributed by atoms with E-state index in [0.717, 1.165) is 56.1 Å². The summed E-state index contributed by atoms with van der Waals surface area (Å²) in [6, 6.07) is 11.1. The van der Waals surface area contributed by atoms with E-state index in [0.29, 0.717) is 11.8 Å². The average molecular weight is 427 g/mol. The van der Waals surface area contributed by atoms with Crippen molar-refractivity contribution in [2.24, 2.45) is 11.8 Å². The van der Waals surface area contributed by atoms with Gasteiger partial charge in [0.05, 0.1) is 6.54 Å². The molecule has 0 spiro atoms. The molecule has 0 unspecified atom stereocenters. The Bertz CT molecular complexity index is 870. The molecular weight excluding hydrogens is 391 g/mol. The van der Waals surface area contributed by atoms with Gasteiger partial charge in [-0.15, -0.1) is 0 Å². The van der Waals surface area contributed by atoms with Gasteiger partial charge < -0.3 is 9.32 Å². The highest BCUT2D eigenvalue weighted by Gasteiger charge is 2.38. The van der Waals surface area contributed by atoms with Gasteiger partial charge in [-0.1, -0.05) is 25.0 Å². The first-order valence-corrected chi connectivity index (χ1v) is 11.7. The first-order chi connectivity index (χ1) is 14.9. The fourth-order valence-electron chi connectivity index (χ4n) is 5.37. The molecule has 2 heterocycles. The first kappa shape index (κ1) is 22.1. The highest BCUT2D eigenvalue weighted by atomic mass is 19.1. The smallest absolute Gasteiger partial charge is 0.225 e. The molecule has 2 aliphatic rings. The van der Waals surface area contributed by atoms with E-state index in [4.69, 9.17) is 4.42 Å². The van der Waals surface area contributed by atoms with Gasteiger partial charge in [-0.25, -0.2) is 4.39 Å². The lowest BCUT2D eigenvalue weighted by Gasteiger charge is -2.33. The van der Waals surface area contributed by atoms with E-state index >= 15 is 0 Å². The number of carbonyl (C=O) groups excluding carboxylic acids is 1. The molecule has 4 nitrogen and oxygen atoms in total. The van der Waals surface area contributed by atoms with E-state index in [-0.39, 0.29) is 23.7 Å². The zero-order valence-corrected chi connectivity index (χ0v) is 19.0. The third-order valence-corrected chi connectivity index (χ3v) is 7.03. The van der Waals surface area contributed by atoms with Crippen LogP contribution in [-0.4, -0.2) is 41.4 Å². The summed E-state index contributed by atoms with van der Waals surface area (Å²) in [6.07, 6.45) is 4.39. The lowest BCUT2D eigenvalue weighted by molar-refractivity contribution is -0.137. The summed E-state index contributed by atoms with van der Waals surface area (Å²) in [5.41, 5.74) is 1.15. The van der Waals surface area contributed by atoms with Crippen LogP contribution in [-0.2, 0) is 11.3 Å². The Balaban J connectivity index is 1.53. The van der Waals surface area contributed by atoms with Crippen LogP contribution in [0.1, 0.15) is 62.5 Å². The van der Waals surface area contributed by atoms with Crippen molar-refractivity contribution >= 4 is 5.91 Å². The maximum Gasteiger partial charge on any atom is 0.225 e. The second-order valence-electron chi connectivity index (χ2n) is 9.69. The van der Waals surface area contributed by atoms with Crippen LogP contribution in [0.3, 0.4) is 0 Å². The lowest BCUT2D eigenvalue weighted by Crippen LogP contribution is -2.44. The van der Waals surface area contributed by atoms with Gasteiger partial charge in [-0.3, -0.25) is 9.69 Å². The van der Waals surface area contributed by atoms with Crippen molar-refractivity contribution in [1.82, 2.24) is 9.80 Å². The number of halogens is 1. The van der Waals surface area contributed by atoms with Crippen molar-refractivity contribution in [3.05, 3.63) is 59.3 Å². The van der Waals surface area contributed by atoms with Crippen molar-refractivity contribution in [3.8, 4) is 0 Å². The molecular formula is C26H35FN2O2. The molecule has 2 aromatic rings. The quantitative estimate of drug-likeness (QED) is 0.597. The van der Waals surface area contributed by atoms with E-state index in [2.05, 4.69) is 23.6 Å². The van der Waals surface area contributed by atoms with Gasteiger partial charge >= 0.3 is 0 Å². The summed E-state index contributed by atoms with van der Waals surface area (Å²) >= 11 is 0. The van der Waals surface area contributed by atoms with Crippen molar-refractivity contribution in [2.45, 2.75) is 65.0 Å². The Kier molecular flexibility index (Phi) is 6.80. The van der Waals surface area contributed by atoms with Crippen LogP contribution in [0.4, 0.5) is 4.39 Å². The zero-order chi connectivity index (χ0) is 22.0. The molecule has 4 rings (SSSR count). The summed E-state index contributed by atoms with van der Waals surface area (Å²) in [6.45, 7) is 9.52. The van der Waals surface area contributed by atoms with Gasteiger partial charge in [-0.05, 0) is 69.4 Å². The van der Waals surface area contributed by atoms with Crippen molar-refractivity contribution in [3.63, 3.8) is 0 Å². The van der Waals surface area contributed by atoms with Crippen molar-refractivity contribution < 1.29 is 13.6 Å². The fraction of sp³-hybridized carbons (Fsp3) is 0.577. The van der Waals surface area contributed by atoms with E-state index in [1.165, 1.54) is 12.8 Å². The molecule has 1 aliphatic carbocycles. The molecule has 2 fully saturated rings. The number of amides is 1. The topological polar surface area (TPSA) is 36.7 Å². The number of likely N-dealkylation sites (tertiary alicyclic amines) is 1. The third-order valence-electron chi connectivity index (χ3n) is 7.03. The third kappa shape index (κ3) is 5.20. The molecule has 0 N–H and O–H groups in total. The van der Waals surface area contributed by atoms with Crippen LogP contribution in [0.5, 0.6) is 0 Å². The fourth-order valence-corrected chi connectivity index (χ4v) is 5.37. The highest BCUT2D eigenvalue weighted by Crippen LogP contribution is 2.36. The SMILES string of the molecule is Cc1ccc(CN2C[C@@H](CN(C(=O)C3CCCC3)C(C)C)[C@@H](c3ccc(F)cc3)C2)o1. The molecule has 1 saturated carbocycles. The molecule has 1 aromatic carbocycles. The molecule has 1 aliphatic heterocycles. The minimum Gasteiger partial charge on any atom is -0.465 e. The number of benzene rings is 1. The second-order valence-corrected chi connectivity index (χ2v) is 9.69. The van der Waals surface area contributed by atoms with E-state index in [9.17, 15) is 9.18 Å². The van der Waals surface area contributed by atoms with Crippen LogP contribution in [0.15, 0.2) is 40.8 Å². The highest BCUT2D eigenvalue weighted by molar-refractivity contribution is 5.79. The number of furan rings is 1. The van der Waals surface area contributed by atoms with Crippen LogP contribution in [0.2, 0.25) is 0 Å². The average Bonchev–Trinajstić information content (AvgIpc) is 3.48. The number of hydrogen-bond acceptors (Lipinski definition) is 3. The largest absolute Gasteiger partial charge is 0.465 e. The summed E-state index contributed by atoms with van der Waals surface area (Å²) < 4.78 is 19.4. The Hall–Kier alpha value is -2.14. The summed E-state index contributed by atoms with van der Waals surface area (Å²) in [4.78, 5) is 17.8. The molecule has 31 heavy (non-hydrogen) atoms. The van der Waals surface area contributed by atoms with E-state index in [1.54, 1.807) is 12.1 Å². The molecule has 5 heteroatoms. The maximum absolute atomic E-state index is 13.6. The van der Waals surface area contributed by atoms with Gasteiger partial charge in [0.25, 0.3) is 0 Å². The zero-order valence-electron chi connectivity index (χ0n) is 19.0. The second kappa shape index (κ2) is 9.56. The number of carbonyl (C=O) groups is 1. The molecule has 1 aromatic heterocycles. The van der Waals surface area contributed by atoms with Crippen LogP contribution in [0, 0.1) is 24.6 Å². The molecule has 2 atom stereocenters. The predicted octanol–water partition coefficient (Wildman–Crippen LogP) is 5.37. The van der Waals surface area contributed by atoms with Crippen LogP contribution < -0.4 is 0 Å². The van der Waals surface area contributed by atoms with Gasteiger partial charge in [-0.2, -0.15) is 0 Å². The van der Waals surface area contributed by atoms with E-state index in [1.807, 2.05) is 31.2 Å². The minimum atomic E-state index is -0.207. The van der Waals surface area contributed by atoms with Crippen molar-refractivity contribution in [2.75, 3.05) is 19.6 Å². The number of aryl methyl sites for hydroxylation is 1. The molecule has 0 bridgehead atoms. The van der Waals surface area contributed by atoms with Gasteiger partial charge in [0.2, 0.25) is 5.91 Å². The summed E-state index contributed by atoms with van der Waals surface area (Å²) in [7, 11) is 0. The summed E-state index contributed by atoms with van der Waals surface area (Å²) in [5.74, 6) is 2.79. The molecule has 0 radical (unpaired) electrons. The monoisotopic (exact) mass is 426 g/mol. The predicted molar refractivity (Wildman–Crippen MR) is 120 cm³/mol. The summed E-state index contributed by atoms with van der Waals surface area (Å²) in [5, 5.41) is 0. The number of rotatable bonds is 7. The molecule has 168 valence electrons. The standard InChI is InChI=1S/C26H35FN2O2/c1-18(2)29(26(30)21-6-4-5-7-21)15-22-14-28(16-24-13-8-19(3)31-24)17-25(22)20-9-11-23(27)12-10-20/h8-13,18,21-22,25H,4-7,14-17H2,1-3H3/t22-,25+/m0/s1. The molecule has 1 saturated heterocycles.